The molecule has 1 nitrogen and oxygen atoms in total. The first-order chi connectivity index (χ1) is 15.7. The van der Waals surface area contributed by atoms with Crippen molar-refractivity contribution in [2.75, 3.05) is 0 Å². The molecule has 0 atom stereocenters. The van der Waals surface area contributed by atoms with E-state index in [4.69, 9.17) is 0 Å². The monoisotopic (exact) mass is 430 g/mol. The van der Waals surface area contributed by atoms with Crippen LogP contribution < -0.4 is 0 Å². The van der Waals surface area contributed by atoms with E-state index in [9.17, 15) is 4.79 Å². The van der Waals surface area contributed by atoms with Crippen molar-refractivity contribution in [2.45, 2.75) is 103 Å². The molecular formula is C31H42O. The molecule has 0 aliphatic heterocycles. The molecular weight excluding hydrogens is 388 g/mol. The summed E-state index contributed by atoms with van der Waals surface area (Å²) in [4.78, 5) is 11.7. The van der Waals surface area contributed by atoms with E-state index in [1.165, 1.54) is 67.1 Å². The number of benzene rings is 2. The minimum atomic E-state index is -0.0395. The predicted molar refractivity (Wildman–Crippen MR) is 136 cm³/mol. The summed E-state index contributed by atoms with van der Waals surface area (Å²) in [7, 11) is 0. The van der Waals surface area contributed by atoms with Gasteiger partial charge in [0.05, 0.1) is 0 Å². The van der Waals surface area contributed by atoms with Gasteiger partial charge >= 0.3 is 0 Å². The first kappa shape index (κ1) is 23.3. The summed E-state index contributed by atoms with van der Waals surface area (Å²) in [6.45, 7) is 4.51. The fourth-order valence-corrected chi connectivity index (χ4v) is 6.54. The van der Waals surface area contributed by atoms with Gasteiger partial charge < -0.3 is 4.79 Å². The predicted octanol–water partition coefficient (Wildman–Crippen LogP) is 9.07. The van der Waals surface area contributed by atoms with Crippen LogP contribution in [0.1, 0.15) is 114 Å². The van der Waals surface area contributed by atoms with Crippen molar-refractivity contribution >= 4 is 6.29 Å². The van der Waals surface area contributed by atoms with Crippen LogP contribution in [-0.2, 0) is 4.79 Å². The number of aldehydes is 1. The molecule has 1 heteroatoms. The summed E-state index contributed by atoms with van der Waals surface area (Å²) in [6, 6.07) is 18.7. The summed E-state index contributed by atoms with van der Waals surface area (Å²) in [5, 5.41) is 0. The maximum atomic E-state index is 11.7. The van der Waals surface area contributed by atoms with Crippen LogP contribution in [-0.4, -0.2) is 6.29 Å². The lowest BCUT2D eigenvalue weighted by molar-refractivity contribution is -0.118. The minimum absolute atomic E-state index is 0.0395. The van der Waals surface area contributed by atoms with E-state index in [-0.39, 0.29) is 5.41 Å². The molecule has 2 aromatic rings. The molecule has 0 N–H and O–H groups in total. The third kappa shape index (κ3) is 5.36. The molecule has 0 unspecified atom stereocenters. The zero-order valence-electron chi connectivity index (χ0n) is 20.3. The Morgan fingerprint density at radius 1 is 0.719 bits per heavy atom. The lowest BCUT2D eigenvalue weighted by Crippen LogP contribution is -2.28. The van der Waals surface area contributed by atoms with Gasteiger partial charge in [-0.15, -0.1) is 0 Å². The second kappa shape index (κ2) is 10.8. The lowest BCUT2D eigenvalue weighted by atomic mass is 9.68. The Labute approximate surface area is 196 Å². The van der Waals surface area contributed by atoms with Crippen LogP contribution in [0.4, 0.5) is 0 Å². The molecule has 2 aromatic carbocycles. The van der Waals surface area contributed by atoms with Gasteiger partial charge in [-0.1, -0.05) is 81.6 Å². The van der Waals surface area contributed by atoms with Gasteiger partial charge in [-0.3, -0.25) is 0 Å². The lowest BCUT2D eigenvalue weighted by Gasteiger charge is -2.36. The number of hydrogen-bond acceptors (Lipinski definition) is 1. The number of hydrogen-bond donors (Lipinski definition) is 0. The van der Waals surface area contributed by atoms with Gasteiger partial charge in [0.2, 0.25) is 0 Å². The summed E-state index contributed by atoms with van der Waals surface area (Å²) < 4.78 is 0. The average molecular weight is 431 g/mol. The van der Waals surface area contributed by atoms with E-state index in [1.807, 2.05) is 0 Å². The van der Waals surface area contributed by atoms with Crippen molar-refractivity contribution in [1.29, 1.82) is 0 Å². The molecule has 0 heterocycles. The van der Waals surface area contributed by atoms with Crippen LogP contribution in [0.15, 0.2) is 48.5 Å². The van der Waals surface area contributed by atoms with Crippen LogP contribution in [0, 0.1) is 11.3 Å². The SMILES string of the molecule is CCCC1CCC(c2ccc(-c3ccc(C4CCC(C=O)(CCC)CC4)cc3)cc2)CC1. The second-order valence-electron chi connectivity index (χ2n) is 10.8. The maximum absolute atomic E-state index is 11.7. The maximum Gasteiger partial charge on any atom is 0.126 e. The molecule has 0 aromatic heterocycles. The largest absolute Gasteiger partial charge is 0.303 e. The topological polar surface area (TPSA) is 17.1 Å². The zero-order valence-corrected chi connectivity index (χ0v) is 20.3. The molecule has 4 rings (SSSR count). The first-order valence-electron chi connectivity index (χ1n) is 13.3. The van der Waals surface area contributed by atoms with Gasteiger partial charge in [0.25, 0.3) is 0 Å². The normalized spacial score (nSPS) is 28.4. The molecule has 0 bridgehead atoms. The van der Waals surface area contributed by atoms with E-state index in [0.717, 1.165) is 50.4 Å². The van der Waals surface area contributed by atoms with E-state index >= 15 is 0 Å². The Hall–Kier alpha value is -1.89. The van der Waals surface area contributed by atoms with Crippen LogP contribution in [0.2, 0.25) is 0 Å². The van der Waals surface area contributed by atoms with Crippen molar-refractivity contribution in [2.24, 2.45) is 11.3 Å². The minimum Gasteiger partial charge on any atom is -0.303 e. The highest BCUT2D eigenvalue weighted by Crippen LogP contribution is 2.45. The Balaban J connectivity index is 1.35. The number of carbonyl (C=O) groups excluding carboxylic acids is 1. The van der Waals surface area contributed by atoms with Crippen molar-refractivity contribution < 1.29 is 4.79 Å². The Kier molecular flexibility index (Phi) is 7.87. The van der Waals surface area contributed by atoms with Crippen LogP contribution in [0.5, 0.6) is 0 Å². The summed E-state index contributed by atoms with van der Waals surface area (Å²) >= 11 is 0. The van der Waals surface area contributed by atoms with Gasteiger partial charge in [-0.05, 0) is 97.8 Å². The van der Waals surface area contributed by atoms with Crippen LogP contribution in [0.25, 0.3) is 11.1 Å². The fourth-order valence-electron chi connectivity index (χ4n) is 6.54. The average Bonchev–Trinajstić information content (AvgIpc) is 2.86. The third-order valence-corrected chi connectivity index (χ3v) is 8.62. The molecule has 2 aliphatic carbocycles. The highest BCUT2D eigenvalue weighted by molar-refractivity contribution is 5.64. The van der Waals surface area contributed by atoms with E-state index in [0.29, 0.717) is 5.92 Å². The van der Waals surface area contributed by atoms with E-state index in [1.54, 1.807) is 0 Å². The molecule has 0 spiro atoms. The molecule has 0 radical (unpaired) electrons. The van der Waals surface area contributed by atoms with Crippen LogP contribution >= 0.6 is 0 Å². The highest BCUT2D eigenvalue weighted by atomic mass is 16.1. The smallest absolute Gasteiger partial charge is 0.126 e. The second-order valence-corrected chi connectivity index (χ2v) is 10.8. The van der Waals surface area contributed by atoms with Gasteiger partial charge in [0.1, 0.15) is 6.29 Å². The first-order valence-corrected chi connectivity index (χ1v) is 13.3. The molecule has 0 saturated heterocycles. The fraction of sp³-hybridized carbons (Fsp3) is 0.581. The number of carbonyl (C=O) groups is 1. The van der Waals surface area contributed by atoms with Gasteiger partial charge in [0.15, 0.2) is 0 Å². The third-order valence-electron chi connectivity index (χ3n) is 8.62. The molecule has 2 aliphatic rings. The molecule has 172 valence electrons. The van der Waals surface area contributed by atoms with Crippen molar-refractivity contribution in [3.63, 3.8) is 0 Å². The Morgan fingerprint density at radius 3 is 1.66 bits per heavy atom. The summed E-state index contributed by atoms with van der Waals surface area (Å²) in [5.74, 6) is 2.34. The summed E-state index contributed by atoms with van der Waals surface area (Å²) in [6.07, 6.45) is 16.1. The van der Waals surface area contributed by atoms with Crippen LogP contribution in [0.3, 0.4) is 0 Å². The van der Waals surface area contributed by atoms with Gasteiger partial charge in [0, 0.05) is 5.41 Å². The number of rotatable bonds is 8. The summed E-state index contributed by atoms with van der Waals surface area (Å²) in [5.41, 5.74) is 5.59. The van der Waals surface area contributed by atoms with Crippen molar-refractivity contribution in [1.82, 2.24) is 0 Å². The van der Waals surface area contributed by atoms with Gasteiger partial charge in [-0.2, -0.15) is 0 Å². The Bertz CT molecular complexity index is 831. The highest BCUT2D eigenvalue weighted by Gasteiger charge is 2.34. The molecule has 0 amide bonds. The standard InChI is InChI=1S/C31H42O/c1-3-5-24-6-8-25(9-7-24)26-10-12-27(13-11-26)28-14-16-29(17-15-28)30-18-21-31(23-32,20-4-2)22-19-30/h10-17,23-25,30H,3-9,18-22H2,1-2H3. The Morgan fingerprint density at radius 2 is 1.22 bits per heavy atom. The zero-order chi connectivity index (χ0) is 22.4. The van der Waals surface area contributed by atoms with E-state index in [2.05, 4.69) is 62.4 Å². The van der Waals surface area contributed by atoms with Crippen molar-refractivity contribution in [3.8, 4) is 11.1 Å². The molecule has 2 saturated carbocycles. The molecule has 32 heavy (non-hydrogen) atoms. The molecule has 2 fully saturated rings. The quantitative estimate of drug-likeness (QED) is 0.382. The van der Waals surface area contributed by atoms with Gasteiger partial charge in [-0.25, -0.2) is 0 Å². The van der Waals surface area contributed by atoms with Crippen molar-refractivity contribution in [3.05, 3.63) is 59.7 Å². The van der Waals surface area contributed by atoms with E-state index < -0.39 is 0 Å².